The minimum atomic E-state index is -0.557. The van der Waals surface area contributed by atoms with Gasteiger partial charge in [0.05, 0.1) is 17.8 Å². The molecule has 37 heavy (non-hydrogen) atoms. The molecule has 192 valence electrons. The summed E-state index contributed by atoms with van der Waals surface area (Å²) in [7, 11) is 0. The molecule has 0 bridgehead atoms. The fourth-order valence-corrected chi connectivity index (χ4v) is 5.86. The minimum Gasteiger partial charge on any atom is -0.368 e. The van der Waals surface area contributed by atoms with Crippen LogP contribution in [-0.2, 0) is 17.8 Å². The number of primary amides is 1. The van der Waals surface area contributed by atoms with Gasteiger partial charge in [-0.1, -0.05) is 5.16 Å². The number of carbonyl (C=O) groups excluding carboxylic acids is 2. The second kappa shape index (κ2) is 9.26. The Morgan fingerprint density at radius 3 is 2.51 bits per heavy atom. The van der Waals surface area contributed by atoms with Gasteiger partial charge in [0, 0.05) is 42.4 Å². The Labute approximate surface area is 211 Å². The normalized spacial score (nSPS) is 17.1. The first-order chi connectivity index (χ1) is 17.9. The molecule has 2 aromatic heterocycles. The van der Waals surface area contributed by atoms with Crippen molar-refractivity contribution in [3.63, 3.8) is 0 Å². The van der Waals surface area contributed by atoms with Crippen LogP contribution in [0, 0.1) is 11.6 Å². The van der Waals surface area contributed by atoms with Gasteiger partial charge >= 0.3 is 0 Å². The lowest BCUT2D eigenvalue weighted by atomic mass is 9.91. The summed E-state index contributed by atoms with van der Waals surface area (Å²) >= 11 is 0. The van der Waals surface area contributed by atoms with Crippen molar-refractivity contribution in [3.8, 4) is 0 Å². The molecule has 2 aliphatic heterocycles. The third-order valence-corrected chi connectivity index (χ3v) is 7.68. The Morgan fingerprint density at radius 2 is 1.76 bits per heavy atom. The fourth-order valence-electron chi connectivity index (χ4n) is 5.86. The number of nitrogens with zero attached hydrogens (tertiary/aromatic N) is 4. The summed E-state index contributed by atoms with van der Waals surface area (Å²) in [5, 5.41) is 5.95. The molecule has 2 aliphatic rings. The van der Waals surface area contributed by atoms with Crippen molar-refractivity contribution in [1.82, 2.24) is 19.5 Å². The highest BCUT2D eigenvalue weighted by molar-refractivity contribution is 6.03. The molecule has 2 aromatic carbocycles. The number of piperidine rings is 1. The molecule has 2 N–H and O–H groups in total. The van der Waals surface area contributed by atoms with Crippen LogP contribution >= 0.6 is 0 Å². The molecule has 10 heteroatoms. The molecule has 0 spiro atoms. The average Bonchev–Trinajstić information content (AvgIpc) is 3.43. The highest BCUT2D eigenvalue weighted by atomic mass is 19.1. The monoisotopic (exact) mass is 507 g/mol. The van der Waals surface area contributed by atoms with E-state index in [0.717, 1.165) is 54.5 Å². The first-order valence-electron chi connectivity index (χ1n) is 12.5. The van der Waals surface area contributed by atoms with E-state index < -0.39 is 5.91 Å². The first-order valence-corrected chi connectivity index (χ1v) is 12.5. The lowest BCUT2D eigenvalue weighted by molar-refractivity contribution is -0.118. The third-order valence-electron chi connectivity index (χ3n) is 7.68. The molecule has 2 amide bonds. The Balaban J connectivity index is 1.20. The largest absolute Gasteiger partial charge is 0.368 e. The van der Waals surface area contributed by atoms with Gasteiger partial charge in [-0.2, -0.15) is 0 Å². The van der Waals surface area contributed by atoms with E-state index in [1.807, 2.05) is 4.57 Å². The molecule has 8 nitrogen and oxygen atoms in total. The molecule has 1 saturated heterocycles. The molecule has 4 aromatic rings. The molecule has 1 fully saturated rings. The zero-order valence-corrected chi connectivity index (χ0v) is 20.3. The van der Waals surface area contributed by atoms with Crippen LogP contribution in [0.4, 0.5) is 8.78 Å². The SMILES string of the molecule is NC(=O)CN1CCn2c(c(CCN3CCC(c4noc5cc(F)ccc45)CC3)c3ccc(F)cc32)C1=O. The van der Waals surface area contributed by atoms with E-state index >= 15 is 0 Å². The summed E-state index contributed by atoms with van der Waals surface area (Å²) in [6, 6.07) is 9.15. The van der Waals surface area contributed by atoms with Crippen LogP contribution in [0.3, 0.4) is 0 Å². The van der Waals surface area contributed by atoms with E-state index in [0.29, 0.717) is 36.3 Å². The Kier molecular flexibility index (Phi) is 5.91. The maximum Gasteiger partial charge on any atom is 0.271 e. The summed E-state index contributed by atoms with van der Waals surface area (Å²) in [5.74, 6) is -1.26. The molecule has 0 aliphatic carbocycles. The van der Waals surface area contributed by atoms with E-state index in [1.54, 1.807) is 12.1 Å². The predicted molar refractivity (Wildman–Crippen MR) is 133 cm³/mol. The minimum absolute atomic E-state index is 0.134. The van der Waals surface area contributed by atoms with Gasteiger partial charge in [-0.05, 0) is 68.2 Å². The zero-order chi connectivity index (χ0) is 25.7. The summed E-state index contributed by atoms with van der Waals surface area (Å²) in [5.41, 5.74) is 8.79. The summed E-state index contributed by atoms with van der Waals surface area (Å²) in [6.07, 6.45) is 2.41. The molecule has 0 unspecified atom stereocenters. The smallest absolute Gasteiger partial charge is 0.271 e. The number of hydrogen-bond acceptors (Lipinski definition) is 5. The van der Waals surface area contributed by atoms with E-state index in [9.17, 15) is 18.4 Å². The lowest BCUT2D eigenvalue weighted by Gasteiger charge is -2.31. The maximum atomic E-state index is 14.1. The van der Waals surface area contributed by atoms with Crippen LogP contribution < -0.4 is 5.73 Å². The quantitative estimate of drug-likeness (QED) is 0.431. The molecule has 6 rings (SSSR count). The second-order valence-corrected chi connectivity index (χ2v) is 9.91. The summed E-state index contributed by atoms with van der Waals surface area (Å²) in [6.45, 7) is 3.14. The van der Waals surface area contributed by atoms with Crippen molar-refractivity contribution in [2.45, 2.75) is 31.7 Å². The summed E-state index contributed by atoms with van der Waals surface area (Å²) in [4.78, 5) is 28.6. The van der Waals surface area contributed by atoms with Crippen molar-refractivity contribution in [2.75, 3.05) is 32.7 Å². The van der Waals surface area contributed by atoms with E-state index in [4.69, 9.17) is 10.3 Å². The zero-order valence-electron chi connectivity index (χ0n) is 20.3. The molecule has 4 heterocycles. The number of hydrogen-bond donors (Lipinski definition) is 1. The number of benzene rings is 2. The Morgan fingerprint density at radius 1 is 1.03 bits per heavy atom. The predicted octanol–water partition coefficient (Wildman–Crippen LogP) is 3.42. The van der Waals surface area contributed by atoms with Gasteiger partial charge in [0.25, 0.3) is 5.91 Å². The number of halogens is 2. The molecule has 0 saturated carbocycles. The number of rotatable bonds is 6. The van der Waals surface area contributed by atoms with Crippen molar-refractivity contribution >= 4 is 33.7 Å². The van der Waals surface area contributed by atoms with Gasteiger partial charge in [-0.25, -0.2) is 8.78 Å². The van der Waals surface area contributed by atoms with Crippen LogP contribution in [0.1, 0.15) is 40.5 Å². The van der Waals surface area contributed by atoms with Gasteiger partial charge in [0.2, 0.25) is 5.91 Å². The topological polar surface area (TPSA) is 97.6 Å². The van der Waals surface area contributed by atoms with E-state index in [2.05, 4.69) is 10.1 Å². The number of likely N-dealkylation sites (tertiary alicyclic amines) is 1. The first kappa shape index (κ1) is 23.6. The van der Waals surface area contributed by atoms with Crippen molar-refractivity contribution < 1.29 is 22.9 Å². The Bertz CT molecular complexity index is 1520. The number of amides is 2. The average molecular weight is 508 g/mol. The second-order valence-electron chi connectivity index (χ2n) is 9.91. The van der Waals surface area contributed by atoms with Crippen LogP contribution in [0.2, 0.25) is 0 Å². The van der Waals surface area contributed by atoms with Crippen molar-refractivity contribution in [3.05, 3.63) is 65.0 Å². The Hall–Kier alpha value is -3.79. The third kappa shape index (κ3) is 4.25. The number of fused-ring (bicyclic) bond motifs is 4. The summed E-state index contributed by atoms with van der Waals surface area (Å²) < 4.78 is 34.8. The van der Waals surface area contributed by atoms with Gasteiger partial charge < -0.3 is 24.6 Å². The van der Waals surface area contributed by atoms with E-state index in [1.165, 1.54) is 29.2 Å². The van der Waals surface area contributed by atoms with Gasteiger partial charge in [-0.3, -0.25) is 9.59 Å². The fraction of sp³-hybridized carbons (Fsp3) is 0.370. The lowest BCUT2D eigenvalue weighted by Crippen LogP contribution is -2.45. The maximum absolute atomic E-state index is 14.1. The van der Waals surface area contributed by atoms with Crippen LogP contribution in [0.5, 0.6) is 0 Å². The van der Waals surface area contributed by atoms with E-state index in [-0.39, 0.29) is 30.0 Å². The van der Waals surface area contributed by atoms with Crippen LogP contribution in [0.25, 0.3) is 21.9 Å². The molecule has 0 radical (unpaired) electrons. The van der Waals surface area contributed by atoms with Crippen LogP contribution in [0.15, 0.2) is 40.9 Å². The number of carbonyl (C=O) groups is 2. The molecule has 0 atom stereocenters. The highest BCUT2D eigenvalue weighted by Crippen LogP contribution is 2.34. The van der Waals surface area contributed by atoms with Crippen molar-refractivity contribution in [1.29, 1.82) is 0 Å². The van der Waals surface area contributed by atoms with Gasteiger partial charge in [0.15, 0.2) is 5.58 Å². The van der Waals surface area contributed by atoms with Gasteiger partial charge in [0.1, 0.15) is 17.3 Å². The van der Waals surface area contributed by atoms with Crippen molar-refractivity contribution in [2.24, 2.45) is 5.73 Å². The van der Waals surface area contributed by atoms with Gasteiger partial charge in [-0.15, -0.1) is 0 Å². The molecular weight excluding hydrogens is 480 g/mol. The molecular formula is C27H27F2N5O3. The number of nitrogens with two attached hydrogens (primary N) is 1. The number of aromatic nitrogens is 2. The highest BCUT2D eigenvalue weighted by Gasteiger charge is 2.32. The standard InChI is InChI=1S/C27H27F2N5O3/c28-17-1-3-19-20(26-27(36)33(15-24(30)35)11-12-34(26)22(19)13-17)7-10-32-8-5-16(6-9-32)25-21-4-2-18(29)14-23(21)37-31-25/h1-4,13-14,16H,5-12,15H2,(H2,30,35). The van der Waals surface area contributed by atoms with Crippen LogP contribution in [-0.4, -0.2) is 64.1 Å².